The van der Waals surface area contributed by atoms with E-state index in [0.29, 0.717) is 17.7 Å². The van der Waals surface area contributed by atoms with E-state index in [1.54, 1.807) is 19.1 Å². The quantitative estimate of drug-likeness (QED) is 0.282. The van der Waals surface area contributed by atoms with Crippen molar-refractivity contribution in [3.05, 3.63) is 89.2 Å². The van der Waals surface area contributed by atoms with E-state index >= 15 is 0 Å². The molecule has 3 rings (SSSR count). The number of rotatable bonds is 13. The van der Waals surface area contributed by atoms with Gasteiger partial charge in [-0.15, -0.1) is 0 Å². The molecule has 1 N–H and O–H groups in total. The highest BCUT2D eigenvalue weighted by Crippen LogP contribution is 2.28. The number of carbonyl (C=O) groups is 2. The van der Waals surface area contributed by atoms with Gasteiger partial charge in [-0.3, -0.25) is 13.9 Å². The number of hydrogen-bond donors (Lipinski definition) is 1. The number of halogens is 2. The fourth-order valence-electron chi connectivity index (χ4n) is 4.18. The van der Waals surface area contributed by atoms with E-state index in [1.165, 1.54) is 72.7 Å². The first-order valence-corrected chi connectivity index (χ1v) is 15.1. The van der Waals surface area contributed by atoms with Crippen molar-refractivity contribution < 1.29 is 27.1 Å². The lowest BCUT2D eigenvalue weighted by Gasteiger charge is -2.33. The molecule has 0 aliphatic heterocycles. The highest BCUT2D eigenvalue weighted by Gasteiger charge is 2.34. The van der Waals surface area contributed by atoms with Crippen LogP contribution < -0.4 is 14.4 Å². The van der Waals surface area contributed by atoms with Gasteiger partial charge in [-0.05, 0) is 79.9 Å². The lowest BCUT2D eigenvalue weighted by Crippen LogP contribution is -2.53. The summed E-state index contributed by atoms with van der Waals surface area (Å²) in [4.78, 5) is 28.6. The van der Waals surface area contributed by atoms with Crippen molar-refractivity contribution in [2.24, 2.45) is 0 Å². The van der Waals surface area contributed by atoms with Gasteiger partial charge in [0.1, 0.15) is 24.2 Å². The number of nitrogens with zero attached hydrogens (tertiary/aromatic N) is 2. The van der Waals surface area contributed by atoms with Gasteiger partial charge in [0.05, 0.1) is 17.7 Å². The maximum atomic E-state index is 14.0. The number of anilines is 1. The normalized spacial score (nSPS) is 12.7. The lowest BCUT2D eigenvalue weighted by molar-refractivity contribution is -0.140. The largest absolute Gasteiger partial charge is 0.497 e. The molecule has 0 saturated carbocycles. The maximum Gasteiger partial charge on any atom is 0.264 e. The number of carbonyl (C=O) groups excluding carboxylic acids is 2. The second-order valence-corrected chi connectivity index (χ2v) is 11.9. The van der Waals surface area contributed by atoms with Crippen molar-refractivity contribution in [1.29, 1.82) is 0 Å². The Morgan fingerprint density at radius 3 is 2.22 bits per heavy atom. The molecule has 2 atom stereocenters. The second kappa shape index (κ2) is 14.3. The average Bonchev–Trinajstić information content (AvgIpc) is 2.96. The molecule has 220 valence electrons. The number of ether oxygens (including phenoxy) is 1. The Hall–Kier alpha value is -3.63. The Labute approximate surface area is 246 Å². The van der Waals surface area contributed by atoms with Crippen LogP contribution >= 0.6 is 11.6 Å². The number of benzene rings is 3. The maximum absolute atomic E-state index is 14.0. The van der Waals surface area contributed by atoms with Crippen LogP contribution in [0.1, 0.15) is 39.2 Å². The Morgan fingerprint density at radius 2 is 1.66 bits per heavy atom. The summed E-state index contributed by atoms with van der Waals surface area (Å²) in [5, 5.41) is 3.20. The van der Waals surface area contributed by atoms with E-state index in [2.05, 4.69) is 5.32 Å². The van der Waals surface area contributed by atoms with Crippen LogP contribution in [0.2, 0.25) is 5.02 Å². The summed E-state index contributed by atoms with van der Waals surface area (Å²) < 4.78 is 47.5. The summed E-state index contributed by atoms with van der Waals surface area (Å²) in [5.74, 6) is -0.939. The molecule has 0 heterocycles. The molecular formula is C30H35ClFN3O5S. The average molecular weight is 604 g/mol. The van der Waals surface area contributed by atoms with E-state index in [1.807, 2.05) is 13.8 Å². The van der Waals surface area contributed by atoms with Crippen molar-refractivity contribution in [3.8, 4) is 5.75 Å². The van der Waals surface area contributed by atoms with E-state index in [0.717, 1.165) is 4.31 Å². The topological polar surface area (TPSA) is 96.0 Å². The number of methoxy groups -OCH3 is 1. The van der Waals surface area contributed by atoms with Crippen LogP contribution in [0.25, 0.3) is 0 Å². The standard InChI is InChI=1S/C30H35ClFN3O5S/c1-5-21(3)33-30(37)28(6-2)34(19-22-10-12-24(32)13-11-22)29(36)20-35(25-9-7-8-23(31)18-25)41(38,39)27-16-14-26(40-4)15-17-27/h7-18,21,28H,5-6,19-20H2,1-4H3,(H,33,37). The molecule has 0 spiro atoms. The number of hydrogen-bond acceptors (Lipinski definition) is 5. The first-order chi connectivity index (χ1) is 19.5. The summed E-state index contributed by atoms with van der Waals surface area (Å²) in [6.45, 7) is 4.93. The third-order valence-electron chi connectivity index (χ3n) is 6.68. The molecule has 0 bridgehead atoms. The van der Waals surface area contributed by atoms with Gasteiger partial charge in [0.15, 0.2) is 0 Å². The van der Waals surface area contributed by atoms with Gasteiger partial charge in [-0.25, -0.2) is 12.8 Å². The van der Waals surface area contributed by atoms with Crippen molar-refractivity contribution in [3.63, 3.8) is 0 Å². The molecule has 2 unspecified atom stereocenters. The van der Waals surface area contributed by atoms with Crippen molar-refractivity contribution in [2.45, 2.75) is 57.1 Å². The highest BCUT2D eigenvalue weighted by molar-refractivity contribution is 7.92. The zero-order valence-corrected chi connectivity index (χ0v) is 25.1. The number of sulfonamides is 1. The van der Waals surface area contributed by atoms with Crippen LogP contribution in [-0.2, 0) is 26.2 Å². The van der Waals surface area contributed by atoms with E-state index < -0.39 is 34.3 Å². The minimum Gasteiger partial charge on any atom is -0.497 e. The molecule has 0 fully saturated rings. The first-order valence-electron chi connectivity index (χ1n) is 13.3. The van der Waals surface area contributed by atoms with Gasteiger partial charge in [0.25, 0.3) is 10.0 Å². The van der Waals surface area contributed by atoms with Crippen molar-refractivity contribution in [1.82, 2.24) is 10.2 Å². The number of amides is 2. The lowest BCUT2D eigenvalue weighted by atomic mass is 10.1. The Balaban J connectivity index is 2.06. The minimum atomic E-state index is -4.26. The van der Waals surface area contributed by atoms with E-state index in [-0.39, 0.29) is 40.5 Å². The molecule has 0 aliphatic rings. The van der Waals surface area contributed by atoms with Gasteiger partial charge in [-0.1, -0.05) is 43.6 Å². The van der Waals surface area contributed by atoms with Crippen LogP contribution in [0, 0.1) is 5.82 Å². The fourth-order valence-corrected chi connectivity index (χ4v) is 5.77. The van der Waals surface area contributed by atoms with Crippen molar-refractivity contribution >= 4 is 39.1 Å². The van der Waals surface area contributed by atoms with Crippen LogP contribution in [0.15, 0.2) is 77.7 Å². The second-order valence-electron chi connectivity index (χ2n) is 9.56. The Morgan fingerprint density at radius 1 is 1.00 bits per heavy atom. The van der Waals surface area contributed by atoms with Gasteiger partial charge in [-0.2, -0.15) is 0 Å². The van der Waals surface area contributed by atoms with Crippen LogP contribution in [-0.4, -0.2) is 50.9 Å². The monoisotopic (exact) mass is 603 g/mol. The molecule has 3 aromatic rings. The van der Waals surface area contributed by atoms with Crippen LogP contribution in [0.4, 0.5) is 10.1 Å². The Kier molecular flexibility index (Phi) is 11.1. The van der Waals surface area contributed by atoms with Crippen LogP contribution in [0.3, 0.4) is 0 Å². The predicted octanol–water partition coefficient (Wildman–Crippen LogP) is 5.41. The number of nitrogens with one attached hydrogen (secondary N) is 1. The van der Waals surface area contributed by atoms with E-state index in [4.69, 9.17) is 16.3 Å². The minimum absolute atomic E-state index is 0.0302. The zero-order chi connectivity index (χ0) is 30.2. The molecule has 0 saturated heterocycles. The fraction of sp³-hybridized carbons (Fsp3) is 0.333. The SMILES string of the molecule is CCC(C)NC(=O)C(CC)N(Cc1ccc(F)cc1)C(=O)CN(c1cccc(Cl)c1)S(=O)(=O)c1ccc(OC)cc1. The molecular weight excluding hydrogens is 569 g/mol. The summed E-state index contributed by atoms with van der Waals surface area (Å²) in [6, 6.07) is 16.5. The Bertz CT molecular complexity index is 1440. The third kappa shape index (κ3) is 8.20. The summed E-state index contributed by atoms with van der Waals surface area (Å²) in [7, 11) is -2.79. The molecule has 0 aliphatic carbocycles. The predicted molar refractivity (Wildman–Crippen MR) is 158 cm³/mol. The molecule has 8 nitrogen and oxygen atoms in total. The third-order valence-corrected chi connectivity index (χ3v) is 8.70. The van der Waals surface area contributed by atoms with Gasteiger partial charge in [0, 0.05) is 17.6 Å². The zero-order valence-electron chi connectivity index (χ0n) is 23.5. The smallest absolute Gasteiger partial charge is 0.264 e. The van der Waals surface area contributed by atoms with Gasteiger partial charge >= 0.3 is 0 Å². The molecule has 41 heavy (non-hydrogen) atoms. The van der Waals surface area contributed by atoms with Gasteiger partial charge < -0.3 is 15.0 Å². The molecule has 3 aromatic carbocycles. The molecule has 2 amide bonds. The van der Waals surface area contributed by atoms with Crippen molar-refractivity contribution in [2.75, 3.05) is 18.0 Å². The first kappa shape index (κ1) is 31.9. The molecule has 0 radical (unpaired) electrons. The van der Waals surface area contributed by atoms with Gasteiger partial charge in [0.2, 0.25) is 11.8 Å². The van der Waals surface area contributed by atoms with E-state index in [9.17, 15) is 22.4 Å². The molecule has 11 heteroatoms. The summed E-state index contributed by atoms with van der Waals surface area (Å²) >= 11 is 6.20. The summed E-state index contributed by atoms with van der Waals surface area (Å²) in [5.41, 5.74) is 0.766. The highest BCUT2D eigenvalue weighted by atomic mass is 35.5. The van der Waals surface area contributed by atoms with Crippen LogP contribution in [0.5, 0.6) is 5.75 Å². The summed E-state index contributed by atoms with van der Waals surface area (Å²) in [6.07, 6.45) is 0.967. The molecule has 0 aromatic heterocycles.